The summed E-state index contributed by atoms with van der Waals surface area (Å²) in [6.45, 7) is 1.95. The minimum Gasteiger partial charge on any atom is -0.461 e. The maximum Gasteiger partial charge on any atom is 0.354 e. The fraction of sp³-hybridized carbons (Fsp3) is 0.182. The topological polar surface area (TPSA) is 76.2 Å². The number of aromatic nitrogens is 1. The van der Waals surface area contributed by atoms with Gasteiger partial charge in [0.05, 0.1) is 17.9 Å². The van der Waals surface area contributed by atoms with Crippen LogP contribution in [0.15, 0.2) is 12.1 Å². The van der Waals surface area contributed by atoms with E-state index in [4.69, 9.17) is 4.74 Å². The molecule has 1 aromatic rings. The van der Waals surface area contributed by atoms with Crippen LogP contribution in [0.1, 0.15) is 33.5 Å². The van der Waals surface area contributed by atoms with Gasteiger partial charge in [0.25, 0.3) is 0 Å². The average molecular weight is 219 g/mol. The number of nitrogens with one attached hydrogen (secondary N) is 1. The number of hydrogen-bond donors (Lipinski definition) is 1. The summed E-state index contributed by atoms with van der Waals surface area (Å²) in [5.74, 6) is -1.73. The van der Waals surface area contributed by atoms with Crippen molar-refractivity contribution < 1.29 is 19.1 Å². The van der Waals surface area contributed by atoms with Gasteiger partial charge in [-0.1, -0.05) is 0 Å². The van der Waals surface area contributed by atoms with E-state index in [9.17, 15) is 14.4 Å². The van der Waals surface area contributed by atoms with Gasteiger partial charge in [-0.2, -0.15) is 0 Å². The molecule has 0 bridgehead atoms. The van der Waals surface area contributed by atoms with Crippen LogP contribution in [0, 0.1) is 0 Å². The van der Waals surface area contributed by atoms with Gasteiger partial charge in [0.1, 0.15) is 5.69 Å². The molecule has 5 nitrogen and oxygen atoms in total. The number of aromatic amines is 1. The van der Waals surface area contributed by atoms with Crippen molar-refractivity contribution in [3.05, 3.63) is 29.1 Å². The minimum absolute atomic E-state index is 0.180. The van der Waals surface area contributed by atoms with Crippen LogP contribution in [0.25, 0.3) is 6.08 Å². The zero-order valence-electron chi connectivity index (χ0n) is 8.57. The van der Waals surface area contributed by atoms with E-state index in [0.29, 0.717) is 5.69 Å². The molecular formula is C11H9NO4. The maximum atomic E-state index is 11.4. The van der Waals surface area contributed by atoms with Crippen LogP contribution in [0.3, 0.4) is 0 Å². The van der Waals surface area contributed by atoms with Gasteiger partial charge in [0.2, 0.25) is 11.6 Å². The molecule has 0 aliphatic heterocycles. The highest BCUT2D eigenvalue weighted by Crippen LogP contribution is 2.18. The van der Waals surface area contributed by atoms with Crippen molar-refractivity contribution in [1.82, 2.24) is 4.98 Å². The summed E-state index contributed by atoms with van der Waals surface area (Å²) >= 11 is 0. The van der Waals surface area contributed by atoms with Crippen molar-refractivity contribution in [3.8, 4) is 0 Å². The summed E-state index contributed by atoms with van der Waals surface area (Å²) in [5.41, 5.74) is 0.864. The molecule has 82 valence electrons. The zero-order valence-corrected chi connectivity index (χ0v) is 8.57. The van der Waals surface area contributed by atoms with Crippen LogP contribution >= 0.6 is 0 Å². The fourth-order valence-electron chi connectivity index (χ4n) is 1.48. The summed E-state index contributed by atoms with van der Waals surface area (Å²) in [7, 11) is 0. The Bertz CT molecular complexity index is 510. The van der Waals surface area contributed by atoms with E-state index in [1.165, 1.54) is 18.2 Å². The second kappa shape index (κ2) is 3.77. The molecule has 0 unspecified atom stereocenters. The Balaban J connectivity index is 2.39. The number of allylic oxidation sites excluding steroid dienone is 1. The first-order valence-electron chi connectivity index (χ1n) is 4.80. The predicted octanol–water partition coefficient (Wildman–Crippen LogP) is 0.970. The molecule has 0 aromatic carbocycles. The molecule has 1 heterocycles. The minimum atomic E-state index is -0.607. The molecule has 5 heteroatoms. The van der Waals surface area contributed by atoms with E-state index >= 15 is 0 Å². The third kappa shape index (κ3) is 1.56. The molecule has 2 rings (SSSR count). The highest BCUT2D eigenvalue weighted by Gasteiger charge is 2.24. The number of rotatable bonds is 2. The number of ether oxygens (including phenoxy) is 1. The lowest BCUT2D eigenvalue weighted by Gasteiger charge is -2.00. The van der Waals surface area contributed by atoms with Crippen LogP contribution in [-0.4, -0.2) is 29.1 Å². The molecule has 0 fully saturated rings. The largest absolute Gasteiger partial charge is 0.461 e. The zero-order chi connectivity index (χ0) is 11.7. The van der Waals surface area contributed by atoms with Gasteiger partial charge in [-0.3, -0.25) is 9.59 Å². The first-order chi connectivity index (χ1) is 7.63. The van der Waals surface area contributed by atoms with Gasteiger partial charge in [-0.15, -0.1) is 0 Å². The molecule has 1 aromatic heterocycles. The van der Waals surface area contributed by atoms with Crippen molar-refractivity contribution in [2.24, 2.45) is 0 Å². The van der Waals surface area contributed by atoms with Crippen molar-refractivity contribution in [2.75, 3.05) is 6.61 Å². The standard InChI is InChI=1S/C11H9NO4/c1-2-16-11(15)8-5-6-7(12-8)3-4-9(13)10(6)14/h3-5,12H,2H2,1H3. The summed E-state index contributed by atoms with van der Waals surface area (Å²) in [6, 6.07) is 1.34. The average Bonchev–Trinajstić information content (AvgIpc) is 2.69. The summed E-state index contributed by atoms with van der Waals surface area (Å²) in [6.07, 6.45) is 2.65. The van der Waals surface area contributed by atoms with Gasteiger partial charge in [0.15, 0.2) is 0 Å². The van der Waals surface area contributed by atoms with Crippen molar-refractivity contribution in [1.29, 1.82) is 0 Å². The third-order valence-electron chi connectivity index (χ3n) is 2.21. The Labute approximate surface area is 91.1 Å². The highest BCUT2D eigenvalue weighted by atomic mass is 16.5. The van der Waals surface area contributed by atoms with Crippen molar-refractivity contribution >= 4 is 23.6 Å². The molecule has 0 saturated heterocycles. The monoisotopic (exact) mass is 219 g/mol. The van der Waals surface area contributed by atoms with Crippen LogP contribution in [-0.2, 0) is 9.53 Å². The smallest absolute Gasteiger partial charge is 0.354 e. The number of carbonyl (C=O) groups excluding carboxylic acids is 3. The van der Waals surface area contributed by atoms with Gasteiger partial charge in [-0.25, -0.2) is 4.79 Å². The van der Waals surface area contributed by atoms with E-state index in [-0.39, 0.29) is 17.9 Å². The van der Waals surface area contributed by atoms with Gasteiger partial charge in [0, 0.05) is 0 Å². The van der Waals surface area contributed by atoms with Gasteiger partial charge >= 0.3 is 5.97 Å². The van der Waals surface area contributed by atoms with Crippen LogP contribution in [0.4, 0.5) is 0 Å². The van der Waals surface area contributed by atoms with E-state index in [1.54, 1.807) is 6.92 Å². The van der Waals surface area contributed by atoms with Crippen molar-refractivity contribution in [3.63, 3.8) is 0 Å². The summed E-state index contributed by atoms with van der Waals surface area (Å²) in [4.78, 5) is 36.6. The molecule has 16 heavy (non-hydrogen) atoms. The highest BCUT2D eigenvalue weighted by molar-refractivity contribution is 6.50. The number of H-pyrrole nitrogens is 1. The Morgan fingerprint density at radius 3 is 2.81 bits per heavy atom. The van der Waals surface area contributed by atoms with E-state index in [1.807, 2.05) is 0 Å². The second-order valence-electron chi connectivity index (χ2n) is 3.26. The van der Waals surface area contributed by atoms with E-state index in [0.717, 1.165) is 0 Å². The number of Topliss-reactive ketones (excluding diaryl/α,β-unsaturated/α-hetero) is 1. The summed E-state index contributed by atoms with van der Waals surface area (Å²) in [5, 5.41) is 0. The molecular weight excluding hydrogens is 210 g/mol. The number of fused-ring (bicyclic) bond motifs is 1. The molecule has 0 atom stereocenters. The second-order valence-corrected chi connectivity index (χ2v) is 3.26. The Hall–Kier alpha value is -2.17. The van der Waals surface area contributed by atoms with Gasteiger partial charge < -0.3 is 9.72 Å². The molecule has 1 aliphatic carbocycles. The molecule has 0 spiro atoms. The maximum absolute atomic E-state index is 11.4. The first-order valence-corrected chi connectivity index (χ1v) is 4.80. The molecule has 1 aliphatic rings. The number of hydrogen-bond acceptors (Lipinski definition) is 4. The van der Waals surface area contributed by atoms with Crippen LogP contribution in [0.2, 0.25) is 0 Å². The quantitative estimate of drug-likeness (QED) is 0.594. The Morgan fingerprint density at radius 2 is 2.12 bits per heavy atom. The summed E-state index contributed by atoms with van der Waals surface area (Å²) < 4.78 is 4.78. The van der Waals surface area contributed by atoms with E-state index in [2.05, 4.69) is 4.98 Å². The lowest BCUT2D eigenvalue weighted by molar-refractivity contribution is -0.110. The van der Waals surface area contributed by atoms with E-state index < -0.39 is 17.5 Å². The SMILES string of the molecule is CCOC(=O)c1cc2c([nH]1)C=CC(=O)C2=O. The normalized spacial score (nSPS) is 13.8. The number of esters is 1. The molecule has 0 saturated carbocycles. The number of carbonyl (C=O) groups is 3. The lowest BCUT2D eigenvalue weighted by Crippen LogP contribution is -2.14. The fourth-order valence-corrected chi connectivity index (χ4v) is 1.48. The van der Waals surface area contributed by atoms with Gasteiger partial charge in [-0.05, 0) is 25.1 Å². The van der Waals surface area contributed by atoms with Crippen LogP contribution < -0.4 is 0 Å². The lowest BCUT2D eigenvalue weighted by atomic mass is 10.0. The van der Waals surface area contributed by atoms with Crippen molar-refractivity contribution in [2.45, 2.75) is 6.92 Å². The predicted molar refractivity (Wildman–Crippen MR) is 55.1 cm³/mol. The molecule has 0 amide bonds. The third-order valence-corrected chi connectivity index (χ3v) is 2.21. The molecule has 1 N–H and O–H groups in total. The van der Waals surface area contributed by atoms with Crippen LogP contribution in [0.5, 0.6) is 0 Å². The number of ketones is 2. The first kappa shape index (κ1) is 10.4. The Morgan fingerprint density at radius 1 is 1.38 bits per heavy atom. The Kier molecular flexibility index (Phi) is 2.44. The molecule has 0 radical (unpaired) electrons.